The van der Waals surface area contributed by atoms with E-state index in [-0.39, 0.29) is 22.6 Å². The number of aliphatic carboxylic acids is 1. The molecule has 2 aromatic rings. The molecule has 0 unspecified atom stereocenters. The number of carbonyl (C=O) groups is 1. The largest absolute Gasteiger partial charge is 0.504 e. The smallest absolute Gasteiger partial charge is 0.343 e. The van der Waals surface area contributed by atoms with Gasteiger partial charge in [0.15, 0.2) is 11.5 Å². The first-order valence-electron chi connectivity index (χ1n) is 6.50. The number of phenolic OH excluding ortho intramolecular Hbond substituents is 1. The van der Waals surface area contributed by atoms with Gasteiger partial charge in [-0.3, -0.25) is 10.1 Å². The molecule has 0 aliphatic heterocycles. The van der Waals surface area contributed by atoms with E-state index in [9.17, 15) is 25.1 Å². The van der Waals surface area contributed by atoms with Gasteiger partial charge in [0.05, 0.1) is 17.6 Å². The highest BCUT2D eigenvalue weighted by Gasteiger charge is 2.28. The van der Waals surface area contributed by atoms with Crippen LogP contribution in [0.3, 0.4) is 0 Å². The van der Waals surface area contributed by atoms with Gasteiger partial charge in [-0.2, -0.15) is 0 Å². The van der Waals surface area contributed by atoms with Crippen molar-refractivity contribution in [1.82, 2.24) is 0 Å². The highest BCUT2D eigenvalue weighted by atomic mass is 16.6. The van der Waals surface area contributed by atoms with E-state index in [1.54, 1.807) is 18.2 Å². The standard InChI is InChI=1S/C16H13NO6/c1-23-13-9-11(7-8-12(13)18)15(17(21)22)14(16(19)20)10-5-3-2-4-6-10/h2-9,18H,1H3,(H,19,20)/b15-14-. The fourth-order valence-electron chi connectivity index (χ4n) is 2.13. The summed E-state index contributed by atoms with van der Waals surface area (Å²) in [5, 5.41) is 30.5. The van der Waals surface area contributed by atoms with Crippen molar-refractivity contribution in [3.63, 3.8) is 0 Å². The van der Waals surface area contributed by atoms with E-state index < -0.39 is 22.2 Å². The third-order valence-corrected chi connectivity index (χ3v) is 3.15. The Morgan fingerprint density at radius 3 is 2.30 bits per heavy atom. The molecule has 0 atom stereocenters. The molecule has 23 heavy (non-hydrogen) atoms. The van der Waals surface area contributed by atoms with Gasteiger partial charge in [0, 0.05) is 0 Å². The van der Waals surface area contributed by atoms with E-state index in [4.69, 9.17) is 4.74 Å². The van der Waals surface area contributed by atoms with Crippen LogP contribution in [0.1, 0.15) is 11.1 Å². The van der Waals surface area contributed by atoms with Crippen LogP contribution in [0.5, 0.6) is 11.5 Å². The van der Waals surface area contributed by atoms with Crippen molar-refractivity contribution in [3.05, 3.63) is 69.8 Å². The van der Waals surface area contributed by atoms with Gasteiger partial charge >= 0.3 is 5.97 Å². The van der Waals surface area contributed by atoms with Crippen molar-refractivity contribution >= 4 is 17.2 Å². The average Bonchev–Trinajstić information content (AvgIpc) is 2.53. The van der Waals surface area contributed by atoms with E-state index in [0.717, 1.165) is 0 Å². The molecular weight excluding hydrogens is 302 g/mol. The molecule has 2 N–H and O–H groups in total. The first kappa shape index (κ1) is 16.0. The van der Waals surface area contributed by atoms with Crippen molar-refractivity contribution in [1.29, 1.82) is 0 Å². The summed E-state index contributed by atoms with van der Waals surface area (Å²) >= 11 is 0. The van der Waals surface area contributed by atoms with Crippen molar-refractivity contribution < 1.29 is 24.7 Å². The SMILES string of the molecule is COc1cc(/C(=C(/C(=O)O)c2ccccc2)[N+](=O)[O-])ccc1O. The number of benzene rings is 2. The van der Waals surface area contributed by atoms with Crippen molar-refractivity contribution in [2.24, 2.45) is 0 Å². The number of hydrogen-bond acceptors (Lipinski definition) is 5. The number of hydrogen-bond donors (Lipinski definition) is 2. The minimum absolute atomic E-state index is 0.0136. The van der Waals surface area contributed by atoms with Crippen molar-refractivity contribution in [2.45, 2.75) is 0 Å². The summed E-state index contributed by atoms with van der Waals surface area (Å²) in [6.07, 6.45) is 0. The summed E-state index contributed by atoms with van der Waals surface area (Å²) < 4.78 is 4.92. The lowest BCUT2D eigenvalue weighted by molar-refractivity contribution is -0.374. The molecule has 0 aliphatic rings. The van der Waals surface area contributed by atoms with Crippen LogP contribution in [-0.4, -0.2) is 28.2 Å². The lowest BCUT2D eigenvalue weighted by Crippen LogP contribution is -2.09. The Kier molecular flexibility index (Phi) is 4.61. The number of aromatic hydroxyl groups is 1. The quantitative estimate of drug-likeness (QED) is 0.380. The number of carboxylic acid groups (broad SMARTS) is 1. The van der Waals surface area contributed by atoms with Gasteiger partial charge in [0.2, 0.25) is 0 Å². The number of nitrogens with zero attached hydrogens (tertiary/aromatic N) is 1. The highest BCUT2D eigenvalue weighted by Crippen LogP contribution is 2.33. The summed E-state index contributed by atoms with van der Waals surface area (Å²) in [5.41, 5.74) is -0.796. The van der Waals surface area contributed by atoms with E-state index in [0.29, 0.717) is 0 Å². The lowest BCUT2D eigenvalue weighted by atomic mass is 9.99. The van der Waals surface area contributed by atoms with Crippen LogP contribution in [0.15, 0.2) is 48.5 Å². The summed E-state index contributed by atoms with van der Waals surface area (Å²) in [6, 6.07) is 11.5. The molecule has 0 saturated heterocycles. The van der Waals surface area contributed by atoms with Gasteiger partial charge in [-0.1, -0.05) is 30.3 Å². The number of methoxy groups -OCH3 is 1. The zero-order valence-corrected chi connectivity index (χ0v) is 12.1. The molecule has 2 rings (SSSR count). The van der Waals surface area contributed by atoms with Crippen LogP contribution in [-0.2, 0) is 4.79 Å². The molecule has 118 valence electrons. The maximum Gasteiger partial charge on any atom is 0.343 e. The molecular formula is C16H13NO6. The second kappa shape index (κ2) is 6.61. The van der Waals surface area contributed by atoms with Crippen LogP contribution in [0.2, 0.25) is 0 Å². The van der Waals surface area contributed by atoms with Gasteiger partial charge < -0.3 is 14.9 Å². The predicted octanol–water partition coefficient (Wildman–Crippen LogP) is 2.63. The Balaban J connectivity index is 2.77. The van der Waals surface area contributed by atoms with Gasteiger partial charge in [0.25, 0.3) is 5.70 Å². The third kappa shape index (κ3) is 3.29. The topological polar surface area (TPSA) is 110 Å². The maximum atomic E-state index is 11.6. The molecule has 0 heterocycles. The monoisotopic (exact) mass is 315 g/mol. The molecule has 7 nitrogen and oxygen atoms in total. The predicted molar refractivity (Wildman–Crippen MR) is 82.5 cm³/mol. The zero-order valence-electron chi connectivity index (χ0n) is 12.1. The first-order valence-corrected chi connectivity index (χ1v) is 6.50. The summed E-state index contributed by atoms with van der Waals surface area (Å²) in [4.78, 5) is 22.3. The molecule has 2 aromatic carbocycles. The number of rotatable bonds is 5. The second-order valence-corrected chi connectivity index (χ2v) is 4.54. The summed E-state index contributed by atoms with van der Waals surface area (Å²) in [5.74, 6) is -1.61. The number of ether oxygens (including phenoxy) is 1. The minimum atomic E-state index is -1.42. The Morgan fingerprint density at radius 2 is 1.78 bits per heavy atom. The van der Waals surface area contributed by atoms with Crippen LogP contribution in [0.25, 0.3) is 11.3 Å². The third-order valence-electron chi connectivity index (χ3n) is 3.15. The molecule has 0 spiro atoms. The molecule has 0 radical (unpaired) electrons. The van der Waals surface area contributed by atoms with E-state index in [1.807, 2.05) is 0 Å². The van der Waals surface area contributed by atoms with Crippen LogP contribution < -0.4 is 4.74 Å². The Bertz CT molecular complexity index is 782. The van der Waals surface area contributed by atoms with Gasteiger partial charge in [-0.05, 0) is 23.8 Å². The normalized spacial score (nSPS) is 11.5. The maximum absolute atomic E-state index is 11.6. The van der Waals surface area contributed by atoms with Crippen LogP contribution in [0.4, 0.5) is 0 Å². The Hall–Kier alpha value is -3.35. The van der Waals surface area contributed by atoms with Crippen LogP contribution >= 0.6 is 0 Å². The number of carboxylic acids is 1. The fourth-order valence-corrected chi connectivity index (χ4v) is 2.13. The minimum Gasteiger partial charge on any atom is -0.504 e. The summed E-state index contributed by atoms with van der Waals surface area (Å²) in [6.45, 7) is 0. The van der Waals surface area contributed by atoms with E-state index in [1.165, 1.54) is 37.4 Å². The molecule has 7 heteroatoms. The molecule has 0 saturated carbocycles. The molecule has 0 bridgehead atoms. The number of phenols is 1. The number of nitro groups is 1. The Morgan fingerprint density at radius 1 is 1.13 bits per heavy atom. The van der Waals surface area contributed by atoms with Gasteiger partial charge in [-0.15, -0.1) is 0 Å². The average molecular weight is 315 g/mol. The lowest BCUT2D eigenvalue weighted by Gasteiger charge is -2.08. The molecule has 0 fully saturated rings. The molecule has 0 aliphatic carbocycles. The Labute approximate surface area is 131 Å². The molecule has 0 aromatic heterocycles. The second-order valence-electron chi connectivity index (χ2n) is 4.54. The van der Waals surface area contributed by atoms with Crippen molar-refractivity contribution in [3.8, 4) is 11.5 Å². The van der Waals surface area contributed by atoms with Gasteiger partial charge in [0.1, 0.15) is 5.57 Å². The fraction of sp³-hybridized carbons (Fsp3) is 0.0625. The van der Waals surface area contributed by atoms with Crippen molar-refractivity contribution in [2.75, 3.05) is 7.11 Å². The van der Waals surface area contributed by atoms with Crippen LogP contribution in [0, 0.1) is 10.1 Å². The first-order chi connectivity index (χ1) is 11.0. The molecule has 0 amide bonds. The van der Waals surface area contributed by atoms with E-state index >= 15 is 0 Å². The van der Waals surface area contributed by atoms with Gasteiger partial charge in [-0.25, -0.2) is 4.79 Å². The van der Waals surface area contributed by atoms with E-state index in [2.05, 4.69) is 0 Å². The highest BCUT2D eigenvalue weighted by molar-refractivity contribution is 6.22. The summed E-state index contributed by atoms with van der Waals surface area (Å²) in [7, 11) is 1.30. The zero-order chi connectivity index (χ0) is 17.0.